The Labute approximate surface area is 95.0 Å². The first-order chi connectivity index (χ1) is 7.27. The lowest BCUT2D eigenvalue weighted by Gasteiger charge is -2.05. The van der Waals surface area contributed by atoms with Crippen LogP contribution in [0, 0.1) is 6.92 Å². The van der Waals surface area contributed by atoms with Gasteiger partial charge in [0.1, 0.15) is 0 Å². The molecular weight excluding hydrogens is 180 g/mol. The van der Waals surface area contributed by atoms with E-state index in [1.165, 1.54) is 36.0 Å². The first-order valence-electron chi connectivity index (χ1n) is 6.00. The summed E-state index contributed by atoms with van der Waals surface area (Å²) in [6.07, 6.45) is 5.66. The third-order valence-corrected chi connectivity index (χ3v) is 2.32. The molecule has 0 aliphatic rings. The fraction of sp³-hybridized carbons (Fsp3) is 0.467. The topological polar surface area (TPSA) is 0 Å². The maximum Gasteiger partial charge on any atom is -0.0228 e. The van der Waals surface area contributed by atoms with Crippen LogP contribution in [-0.2, 0) is 6.42 Å². The van der Waals surface area contributed by atoms with E-state index in [4.69, 9.17) is 0 Å². The van der Waals surface area contributed by atoms with Crippen LogP contribution in [0.15, 0.2) is 24.8 Å². The molecule has 0 saturated heterocycles. The van der Waals surface area contributed by atoms with E-state index in [0.29, 0.717) is 0 Å². The summed E-state index contributed by atoms with van der Waals surface area (Å²) in [5, 5.41) is 0. The average Bonchev–Trinajstić information content (AvgIpc) is 2.30. The predicted octanol–water partition coefficient (Wildman–Crippen LogP) is 5.01. The van der Waals surface area contributed by atoms with E-state index >= 15 is 0 Å². The standard InChI is InChI=1S/C13H18.C2H6/c1-4-6-7-13-9-8-11(3)10-12(13)5-2;1-2/h5,8-10H,2,4,6-7H2,1,3H3;1-2H3. The molecule has 0 saturated carbocycles. The van der Waals surface area contributed by atoms with Gasteiger partial charge in [0.25, 0.3) is 0 Å². The van der Waals surface area contributed by atoms with Crippen molar-refractivity contribution in [1.29, 1.82) is 0 Å². The lowest BCUT2D eigenvalue weighted by atomic mass is 10.00. The second kappa shape index (κ2) is 8.28. The molecule has 0 radical (unpaired) electrons. The van der Waals surface area contributed by atoms with Crippen molar-refractivity contribution in [2.75, 3.05) is 0 Å². The summed E-state index contributed by atoms with van der Waals surface area (Å²) in [7, 11) is 0. The third-order valence-electron chi connectivity index (χ3n) is 2.32. The molecule has 84 valence electrons. The lowest BCUT2D eigenvalue weighted by Crippen LogP contribution is -1.89. The summed E-state index contributed by atoms with van der Waals surface area (Å²) in [6, 6.07) is 6.61. The molecule has 0 nitrogen and oxygen atoms in total. The summed E-state index contributed by atoms with van der Waals surface area (Å²) >= 11 is 0. The molecule has 1 aromatic rings. The highest BCUT2D eigenvalue weighted by molar-refractivity contribution is 5.53. The fourth-order valence-electron chi connectivity index (χ4n) is 1.50. The number of hydrogen-bond acceptors (Lipinski definition) is 0. The van der Waals surface area contributed by atoms with E-state index in [0.717, 1.165) is 0 Å². The smallest absolute Gasteiger partial charge is 0.0228 e. The molecule has 0 unspecified atom stereocenters. The highest BCUT2D eigenvalue weighted by Gasteiger charge is 1.98. The Morgan fingerprint density at radius 2 is 1.93 bits per heavy atom. The highest BCUT2D eigenvalue weighted by atomic mass is 14.0. The minimum absolute atomic E-state index is 1.18. The second-order valence-corrected chi connectivity index (χ2v) is 3.51. The van der Waals surface area contributed by atoms with E-state index in [1.54, 1.807) is 0 Å². The van der Waals surface area contributed by atoms with Gasteiger partial charge in [-0.15, -0.1) is 0 Å². The van der Waals surface area contributed by atoms with E-state index in [-0.39, 0.29) is 0 Å². The summed E-state index contributed by atoms with van der Waals surface area (Å²) in [5.41, 5.74) is 4.05. The summed E-state index contributed by atoms with van der Waals surface area (Å²) < 4.78 is 0. The van der Waals surface area contributed by atoms with Crippen LogP contribution in [0.2, 0.25) is 0 Å². The zero-order valence-corrected chi connectivity index (χ0v) is 10.6. The lowest BCUT2D eigenvalue weighted by molar-refractivity contribution is 0.794. The number of rotatable bonds is 4. The van der Waals surface area contributed by atoms with Crippen LogP contribution in [0.1, 0.15) is 50.3 Å². The Morgan fingerprint density at radius 1 is 1.27 bits per heavy atom. The molecule has 0 heterocycles. The van der Waals surface area contributed by atoms with E-state index in [2.05, 4.69) is 38.6 Å². The quantitative estimate of drug-likeness (QED) is 0.647. The molecule has 0 atom stereocenters. The Morgan fingerprint density at radius 3 is 2.47 bits per heavy atom. The zero-order chi connectivity index (χ0) is 11.7. The molecule has 0 aromatic heterocycles. The van der Waals surface area contributed by atoms with Crippen LogP contribution in [0.5, 0.6) is 0 Å². The molecule has 0 fully saturated rings. The SMILES string of the molecule is C=Cc1cc(C)ccc1CCCC.CC. The van der Waals surface area contributed by atoms with Gasteiger partial charge in [0.05, 0.1) is 0 Å². The minimum atomic E-state index is 1.18. The molecule has 0 aliphatic carbocycles. The van der Waals surface area contributed by atoms with Crippen molar-refractivity contribution in [2.24, 2.45) is 0 Å². The molecule has 15 heavy (non-hydrogen) atoms. The van der Waals surface area contributed by atoms with Crippen molar-refractivity contribution < 1.29 is 0 Å². The molecule has 0 aliphatic heterocycles. The molecule has 0 N–H and O–H groups in total. The van der Waals surface area contributed by atoms with Crippen molar-refractivity contribution in [3.8, 4) is 0 Å². The Hall–Kier alpha value is -1.04. The normalized spacial score (nSPS) is 9.07. The van der Waals surface area contributed by atoms with Gasteiger partial charge in [0.2, 0.25) is 0 Å². The highest BCUT2D eigenvalue weighted by Crippen LogP contribution is 2.15. The van der Waals surface area contributed by atoms with E-state index < -0.39 is 0 Å². The van der Waals surface area contributed by atoms with Gasteiger partial charge in [-0.05, 0) is 30.9 Å². The maximum absolute atomic E-state index is 3.84. The van der Waals surface area contributed by atoms with Crippen molar-refractivity contribution >= 4 is 6.08 Å². The molecule has 0 spiro atoms. The first-order valence-corrected chi connectivity index (χ1v) is 6.00. The van der Waals surface area contributed by atoms with Crippen LogP contribution < -0.4 is 0 Å². The molecule has 0 heteroatoms. The van der Waals surface area contributed by atoms with Gasteiger partial charge in [0, 0.05) is 0 Å². The zero-order valence-electron chi connectivity index (χ0n) is 10.6. The largest absolute Gasteiger partial charge is 0.0985 e. The Bertz CT molecular complexity index is 284. The van der Waals surface area contributed by atoms with E-state index in [1.807, 2.05) is 19.9 Å². The average molecular weight is 204 g/mol. The third kappa shape index (κ3) is 4.83. The molecule has 0 bridgehead atoms. The Balaban J connectivity index is 0.000000921. The van der Waals surface area contributed by atoms with Crippen molar-refractivity contribution in [3.05, 3.63) is 41.5 Å². The molecule has 1 rings (SSSR count). The summed E-state index contributed by atoms with van der Waals surface area (Å²) in [5.74, 6) is 0. The maximum atomic E-state index is 3.84. The summed E-state index contributed by atoms with van der Waals surface area (Å²) in [4.78, 5) is 0. The van der Waals surface area contributed by atoms with Gasteiger partial charge in [-0.1, -0.05) is 63.6 Å². The Kier molecular flexibility index (Phi) is 7.71. The predicted molar refractivity (Wildman–Crippen MR) is 71.2 cm³/mol. The molecule has 1 aromatic carbocycles. The van der Waals surface area contributed by atoms with Gasteiger partial charge in [0.15, 0.2) is 0 Å². The first kappa shape index (κ1) is 14.0. The minimum Gasteiger partial charge on any atom is -0.0985 e. The van der Waals surface area contributed by atoms with Gasteiger partial charge in [-0.25, -0.2) is 0 Å². The van der Waals surface area contributed by atoms with Crippen molar-refractivity contribution in [2.45, 2.75) is 47.0 Å². The molecule has 0 amide bonds. The van der Waals surface area contributed by atoms with E-state index in [9.17, 15) is 0 Å². The number of benzene rings is 1. The van der Waals surface area contributed by atoms with Crippen LogP contribution >= 0.6 is 0 Å². The van der Waals surface area contributed by atoms with Crippen LogP contribution in [-0.4, -0.2) is 0 Å². The van der Waals surface area contributed by atoms with Crippen LogP contribution in [0.25, 0.3) is 6.08 Å². The summed E-state index contributed by atoms with van der Waals surface area (Å²) in [6.45, 7) is 12.2. The van der Waals surface area contributed by atoms with Crippen molar-refractivity contribution in [1.82, 2.24) is 0 Å². The van der Waals surface area contributed by atoms with Gasteiger partial charge in [-0.3, -0.25) is 0 Å². The number of aryl methyl sites for hydroxylation is 2. The number of unbranched alkanes of at least 4 members (excludes halogenated alkanes) is 1. The fourth-order valence-corrected chi connectivity index (χ4v) is 1.50. The van der Waals surface area contributed by atoms with Gasteiger partial charge in [-0.2, -0.15) is 0 Å². The van der Waals surface area contributed by atoms with Crippen molar-refractivity contribution in [3.63, 3.8) is 0 Å². The monoisotopic (exact) mass is 204 g/mol. The second-order valence-electron chi connectivity index (χ2n) is 3.51. The van der Waals surface area contributed by atoms with Gasteiger partial charge >= 0.3 is 0 Å². The number of hydrogen-bond donors (Lipinski definition) is 0. The van der Waals surface area contributed by atoms with Crippen LogP contribution in [0.4, 0.5) is 0 Å². The van der Waals surface area contributed by atoms with Gasteiger partial charge < -0.3 is 0 Å². The molecular formula is C15H24. The van der Waals surface area contributed by atoms with Crippen LogP contribution in [0.3, 0.4) is 0 Å².